The summed E-state index contributed by atoms with van der Waals surface area (Å²) < 4.78 is 8.73. The lowest BCUT2D eigenvalue weighted by Crippen LogP contribution is -2.43. The minimum absolute atomic E-state index is 0.160. The smallest absolute Gasteiger partial charge is 0.224 e. The van der Waals surface area contributed by atoms with Gasteiger partial charge in [-0.05, 0) is 75.8 Å². The van der Waals surface area contributed by atoms with Crippen molar-refractivity contribution in [1.82, 2.24) is 19.7 Å². The number of nitrogens with one attached hydrogen (secondary N) is 1. The van der Waals surface area contributed by atoms with E-state index in [1.165, 1.54) is 0 Å². The summed E-state index contributed by atoms with van der Waals surface area (Å²) in [5.41, 5.74) is 0.960. The van der Waals surface area contributed by atoms with Gasteiger partial charge in [0, 0.05) is 24.3 Å². The van der Waals surface area contributed by atoms with Gasteiger partial charge < -0.3 is 9.74 Å². The van der Waals surface area contributed by atoms with Crippen LogP contribution in [0.5, 0.6) is 0 Å². The van der Waals surface area contributed by atoms with E-state index in [0.29, 0.717) is 17.8 Å². The highest BCUT2D eigenvalue weighted by Gasteiger charge is 2.41. The summed E-state index contributed by atoms with van der Waals surface area (Å²) in [5.74, 6) is 2.00. The maximum Gasteiger partial charge on any atom is 0.224 e. The van der Waals surface area contributed by atoms with Crippen molar-refractivity contribution in [3.63, 3.8) is 0 Å². The largest absolute Gasteiger partial charge is 0.414 e. The van der Waals surface area contributed by atoms with Gasteiger partial charge >= 0.3 is 0 Å². The summed E-state index contributed by atoms with van der Waals surface area (Å²) in [4.78, 5) is 8.22. The van der Waals surface area contributed by atoms with Crippen molar-refractivity contribution in [2.75, 3.05) is 5.32 Å². The van der Waals surface area contributed by atoms with Crippen molar-refractivity contribution in [3.05, 3.63) is 29.3 Å². The number of halogens is 1. The van der Waals surface area contributed by atoms with Gasteiger partial charge in [-0.2, -0.15) is 5.10 Å². The van der Waals surface area contributed by atoms with E-state index in [1.54, 1.807) is 6.20 Å². The van der Waals surface area contributed by atoms with Gasteiger partial charge in [-0.15, -0.1) is 0 Å². The highest BCUT2D eigenvalue weighted by Crippen LogP contribution is 2.43. The second-order valence-electron chi connectivity index (χ2n) is 10.9. The Balaban J connectivity index is 1.79. The van der Waals surface area contributed by atoms with Gasteiger partial charge in [-0.25, -0.2) is 14.6 Å². The van der Waals surface area contributed by atoms with Gasteiger partial charge in [0.05, 0.1) is 11.2 Å². The fourth-order valence-corrected chi connectivity index (χ4v) is 5.19. The van der Waals surface area contributed by atoms with Crippen LogP contribution in [0.2, 0.25) is 23.4 Å². The maximum absolute atomic E-state index is 6.69. The van der Waals surface area contributed by atoms with E-state index in [4.69, 9.17) is 21.1 Å². The summed E-state index contributed by atoms with van der Waals surface area (Å²) in [6.07, 6.45) is 5.22. The molecular weight excluding hydrogens is 414 g/mol. The van der Waals surface area contributed by atoms with Gasteiger partial charge in [0.25, 0.3) is 0 Å². The van der Waals surface area contributed by atoms with E-state index in [1.807, 2.05) is 10.7 Å². The number of hydrogen-bond acceptors (Lipinski definition) is 5. The Bertz CT molecular complexity index is 884. The molecule has 1 N–H and O–H groups in total. The molecule has 0 amide bonds. The molecule has 1 saturated carbocycles. The first-order valence-corrected chi connectivity index (χ1v) is 14.1. The lowest BCUT2D eigenvalue weighted by atomic mass is 10.0. The molecule has 1 fully saturated rings. The summed E-state index contributed by atoms with van der Waals surface area (Å²) >= 11 is 5.96. The molecule has 0 spiro atoms. The molecule has 0 radical (unpaired) electrons. The molecule has 0 bridgehead atoms. The van der Waals surface area contributed by atoms with Crippen LogP contribution in [-0.2, 0) is 9.96 Å². The third-order valence-electron chi connectivity index (χ3n) is 6.32. The first-order valence-electron chi connectivity index (χ1n) is 10.8. The zero-order valence-electron chi connectivity index (χ0n) is 19.6. The van der Waals surface area contributed by atoms with Gasteiger partial charge in [-0.1, -0.05) is 20.8 Å². The monoisotopic (exact) mass is 449 g/mol. The molecule has 166 valence electrons. The van der Waals surface area contributed by atoms with Gasteiger partial charge in [-0.3, -0.25) is 0 Å². The van der Waals surface area contributed by atoms with Crippen LogP contribution in [0.25, 0.3) is 0 Å². The third kappa shape index (κ3) is 5.24. The quantitative estimate of drug-likeness (QED) is 0.417. The summed E-state index contributed by atoms with van der Waals surface area (Å²) in [7, 11) is -1.76. The van der Waals surface area contributed by atoms with Crippen LogP contribution < -0.4 is 5.32 Å². The molecule has 2 aromatic heterocycles. The molecule has 6 nitrogen and oxygen atoms in total. The molecule has 30 heavy (non-hydrogen) atoms. The van der Waals surface area contributed by atoms with Crippen LogP contribution in [0.4, 0.5) is 11.6 Å². The lowest BCUT2D eigenvalue weighted by Gasteiger charge is -2.38. The van der Waals surface area contributed by atoms with Gasteiger partial charge in [0.15, 0.2) is 8.32 Å². The van der Waals surface area contributed by atoms with Crippen molar-refractivity contribution in [3.8, 4) is 0 Å². The molecule has 2 atom stereocenters. The molecule has 1 aliphatic rings. The predicted molar refractivity (Wildman–Crippen MR) is 126 cm³/mol. The minimum atomic E-state index is -1.76. The van der Waals surface area contributed by atoms with Crippen molar-refractivity contribution in [2.24, 2.45) is 0 Å². The molecule has 0 saturated heterocycles. The Labute approximate surface area is 186 Å². The third-order valence-corrected chi connectivity index (χ3v) is 11.0. The highest BCUT2D eigenvalue weighted by atomic mass is 35.5. The first-order chi connectivity index (χ1) is 13.8. The molecule has 1 aliphatic carbocycles. The molecule has 2 heterocycles. The summed E-state index contributed by atoms with van der Waals surface area (Å²) in [6, 6.07) is 3.96. The van der Waals surface area contributed by atoms with E-state index >= 15 is 0 Å². The number of rotatable bonds is 5. The van der Waals surface area contributed by atoms with Gasteiger partial charge in [0.1, 0.15) is 11.6 Å². The van der Waals surface area contributed by atoms with Crippen LogP contribution in [0.15, 0.2) is 18.3 Å². The molecule has 2 aromatic rings. The fraction of sp³-hybridized carbons (Fsp3) is 0.682. The van der Waals surface area contributed by atoms with Crippen LogP contribution in [0, 0.1) is 0 Å². The molecule has 8 heteroatoms. The predicted octanol–water partition coefficient (Wildman–Crippen LogP) is 6.48. The Hall–Kier alpha value is -1.44. The number of aromatic nitrogens is 4. The van der Waals surface area contributed by atoms with Crippen molar-refractivity contribution in [2.45, 2.75) is 96.5 Å². The standard InChI is InChI=1S/C22H36ClN5OSi/c1-21(2,3)28-19(25-18-11-12-24-20(23)26-18)14-17(27-28)15-9-10-16(13-15)29-30(7,8)22(4,5)6/h11-12,14-16H,9-10,13H2,1-8H3,(H,24,25,26)/t15-,16+/m0/s1. The van der Waals surface area contributed by atoms with Crippen molar-refractivity contribution >= 4 is 31.6 Å². The topological polar surface area (TPSA) is 64.9 Å². The number of anilines is 2. The van der Waals surface area contributed by atoms with E-state index in [9.17, 15) is 0 Å². The number of hydrogen-bond donors (Lipinski definition) is 1. The fourth-order valence-electron chi connectivity index (χ4n) is 3.64. The van der Waals surface area contributed by atoms with Crippen molar-refractivity contribution < 1.29 is 4.43 Å². The minimum Gasteiger partial charge on any atom is -0.414 e. The Morgan fingerprint density at radius 1 is 1.17 bits per heavy atom. The van der Waals surface area contributed by atoms with E-state index in [-0.39, 0.29) is 15.9 Å². The van der Waals surface area contributed by atoms with E-state index in [2.05, 4.69) is 76.0 Å². The van der Waals surface area contributed by atoms with Crippen LogP contribution in [0.3, 0.4) is 0 Å². The average Bonchev–Trinajstić information content (AvgIpc) is 3.20. The molecular formula is C22H36ClN5OSi. The zero-order chi connectivity index (χ0) is 22.3. The normalized spacial score (nSPS) is 20.6. The molecule has 3 rings (SSSR count). The van der Waals surface area contributed by atoms with Crippen LogP contribution >= 0.6 is 11.6 Å². The van der Waals surface area contributed by atoms with Gasteiger partial charge in [0.2, 0.25) is 5.28 Å². The summed E-state index contributed by atoms with van der Waals surface area (Å²) in [5, 5.41) is 8.83. The molecule has 0 aliphatic heterocycles. The average molecular weight is 450 g/mol. The highest BCUT2D eigenvalue weighted by molar-refractivity contribution is 6.74. The number of nitrogens with zero attached hydrogens (tertiary/aromatic N) is 4. The Kier molecular flexibility index (Phi) is 6.38. The molecule has 0 unspecified atom stereocenters. The van der Waals surface area contributed by atoms with Crippen molar-refractivity contribution in [1.29, 1.82) is 0 Å². The second-order valence-corrected chi connectivity index (χ2v) is 16.0. The zero-order valence-corrected chi connectivity index (χ0v) is 21.3. The van der Waals surface area contributed by atoms with E-state index < -0.39 is 8.32 Å². The summed E-state index contributed by atoms with van der Waals surface area (Å²) in [6.45, 7) is 18.0. The second kappa shape index (κ2) is 8.24. The Morgan fingerprint density at radius 3 is 2.47 bits per heavy atom. The van der Waals surface area contributed by atoms with Crippen LogP contribution in [0.1, 0.15) is 72.4 Å². The lowest BCUT2D eigenvalue weighted by molar-refractivity contribution is 0.186. The van der Waals surface area contributed by atoms with E-state index in [0.717, 1.165) is 30.8 Å². The molecule has 0 aromatic carbocycles. The first kappa shape index (κ1) is 23.2. The maximum atomic E-state index is 6.69. The van der Waals surface area contributed by atoms with Crippen LogP contribution in [-0.4, -0.2) is 34.2 Å². The SMILES string of the molecule is CC(C)(C)n1nc([C@H]2CC[C@@H](O[Si](C)(C)C(C)(C)C)C2)cc1Nc1ccnc(Cl)n1. The Morgan fingerprint density at radius 2 is 1.87 bits per heavy atom.